The number of aryl methyl sites for hydroxylation is 1. The summed E-state index contributed by atoms with van der Waals surface area (Å²) >= 11 is 1.52. The van der Waals surface area contributed by atoms with Crippen LogP contribution in [0.15, 0.2) is 5.51 Å². The van der Waals surface area contributed by atoms with Gasteiger partial charge in [0.05, 0.1) is 11.2 Å². The van der Waals surface area contributed by atoms with Gasteiger partial charge in [0.1, 0.15) is 5.41 Å². The van der Waals surface area contributed by atoms with Gasteiger partial charge in [0, 0.05) is 4.88 Å². The first kappa shape index (κ1) is 8.69. The topological polar surface area (TPSA) is 50.2 Å². The number of carbonyl (C=O) groups is 1. The average Bonchev–Trinajstić information content (AvgIpc) is 2.34. The van der Waals surface area contributed by atoms with E-state index >= 15 is 0 Å². The molecule has 0 atom stereocenters. The van der Waals surface area contributed by atoms with E-state index in [1.54, 1.807) is 5.51 Å². The van der Waals surface area contributed by atoms with Gasteiger partial charge in [-0.25, -0.2) is 4.98 Å². The van der Waals surface area contributed by atoms with E-state index in [1.165, 1.54) is 11.3 Å². The zero-order valence-corrected chi connectivity index (χ0v) is 8.23. The van der Waals surface area contributed by atoms with Crippen LogP contribution in [-0.4, -0.2) is 16.1 Å². The Kier molecular flexibility index (Phi) is 1.87. The van der Waals surface area contributed by atoms with Crippen molar-refractivity contribution >= 4 is 17.3 Å². The summed E-state index contributed by atoms with van der Waals surface area (Å²) < 4.78 is 0. The molecule has 0 amide bonds. The molecule has 1 aliphatic carbocycles. The lowest BCUT2D eigenvalue weighted by molar-refractivity contribution is -0.147. The van der Waals surface area contributed by atoms with E-state index in [0.29, 0.717) is 0 Å². The summed E-state index contributed by atoms with van der Waals surface area (Å²) in [6, 6.07) is 0. The molecule has 1 N–H and O–H groups in total. The molecule has 70 valence electrons. The SMILES string of the molecule is Cc1scnc1C1(C(=O)O)CCC1. The molecule has 1 saturated carbocycles. The number of hydrogen-bond acceptors (Lipinski definition) is 3. The maximum absolute atomic E-state index is 11.1. The fraction of sp³-hybridized carbons (Fsp3) is 0.556. The van der Waals surface area contributed by atoms with Gasteiger partial charge in [-0.05, 0) is 19.8 Å². The first-order chi connectivity index (χ1) is 6.17. The van der Waals surface area contributed by atoms with E-state index in [-0.39, 0.29) is 0 Å². The summed E-state index contributed by atoms with van der Waals surface area (Å²) in [5, 5.41) is 9.14. The molecule has 2 rings (SSSR count). The molecule has 1 aromatic rings. The normalized spacial score (nSPS) is 19.5. The van der Waals surface area contributed by atoms with Crippen LogP contribution < -0.4 is 0 Å². The highest BCUT2D eigenvalue weighted by Crippen LogP contribution is 2.45. The predicted molar refractivity (Wildman–Crippen MR) is 50.0 cm³/mol. The van der Waals surface area contributed by atoms with Gasteiger partial charge >= 0.3 is 5.97 Å². The highest BCUT2D eigenvalue weighted by molar-refractivity contribution is 7.09. The summed E-state index contributed by atoms with van der Waals surface area (Å²) in [6.45, 7) is 1.94. The van der Waals surface area contributed by atoms with Crippen molar-refractivity contribution in [3.63, 3.8) is 0 Å². The van der Waals surface area contributed by atoms with E-state index in [2.05, 4.69) is 4.98 Å². The molecule has 0 aliphatic heterocycles. The molecule has 0 saturated heterocycles. The van der Waals surface area contributed by atoms with Gasteiger partial charge in [0.2, 0.25) is 0 Å². The molecule has 0 radical (unpaired) electrons. The van der Waals surface area contributed by atoms with Crippen molar-refractivity contribution in [1.82, 2.24) is 4.98 Å². The molecular weight excluding hydrogens is 186 g/mol. The number of carboxylic acids is 1. The largest absolute Gasteiger partial charge is 0.481 e. The average molecular weight is 197 g/mol. The Morgan fingerprint density at radius 2 is 2.38 bits per heavy atom. The fourth-order valence-corrected chi connectivity index (χ4v) is 2.52. The molecular formula is C9H11NO2S. The van der Waals surface area contributed by atoms with Crippen LogP contribution in [0.1, 0.15) is 29.8 Å². The predicted octanol–water partition coefficient (Wildman–Crippen LogP) is 1.96. The Morgan fingerprint density at radius 3 is 2.69 bits per heavy atom. The fourth-order valence-electron chi connectivity index (χ4n) is 1.85. The molecule has 3 nitrogen and oxygen atoms in total. The number of aliphatic carboxylic acids is 1. The lowest BCUT2D eigenvalue weighted by Gasteiger charge is -2.36. The van der Waals surface area contributed by atoms with Crippen molar-refractivity contribution in [3.05, 3.63) is 16.1 Å². The molecule has 0 spiro atoms. The lowest BCUT2D eigenvalue weighted by Crippen LogP contribution is -2.43. The molecule has 1 aliphatic rings. The van der Waals surface area contributed by atoms with Gasteiger partial charge < -0.3 is 5.11 Å². The van der Waals surface area contributed by atoms with Crippen LogP contribution in [0.5, 0.6) is 0 Å². The van der Waals surface area contributed by atoms with Crippen molar-refractivity contribution in [1.29, 1.82) is 0 Å². The van der Waals surface area contributed by atoms with Crippen LogP contribution in [0.2, 0.25) is 0 Å². The Labute approximate surface area is 80.4 Å². The van der Waals surface area contributed by atoms with E-state index in [0.717, 1.165) is 29.8 Å². The standard InChI is InChI=1S/C9H11NO2S/c1-6-7(10-5-13-6)9(8(11)12)3-2-4-9/h5H,2-4H2,1H3,(H,11,12). The van der Waals surface area contributed by atoms with Gasteiger partial charge in [-0.3, -0.25) is 4.79 Å². The van der Waals surface area contributed by atoms with Crippen LogP contribution in [0.3, 0.4) is 0 Å². The summed E-state index contributed by atoms with van der Waals surface area (Å²) in [5.41, 5.74) is 1.87. The van der Waals surface area contributed by atoms with E-state index in [9.17, 15) is 4.79 Å². The van der Waals surface area contributed by atoms with E-state index in [4.69, 9.17) is 5.11 Å². The van der Waals surface area contributed by atoms with Crippen molar-refractivity contribution in [2.24, 2.45) is 0 Å². The quantitative estimate of drug-likeness (QED) is 0.788. The summed E-state index contributed by atoms with van der Waals surface area (Å²) in [6.07, 6.45) is 2.49. The van der Waals surface area contributed by atoms with Gasteiger partial charge in [0.25, 0.3) is 0 Å². The molecule has 1 aromatic heterocycles. The minimum Gasteiger partial charge on any atom is -0.481 e. The summed E-state index contributed by atoms with van der Waals surface area (Å²) in [7, 11) is 0. The smallest absolute Gasteiger partial charge is 0.315 e. The van der Waals surface area contributed by atoms with Crippen molar-refractivity contribution in [2.75, 3.05) is 0 Å². The van der Waals surface area contributed by atoms with E-state index in [1.807, 2.05) is 6.92 Å². The van der Waals surface area contributed by atoms with Crippen molar-refractivity contribution in [3.8, 4) is 0 Å². The zero-order chi connectivity index (χ0) is 9.47. The molecule has 1 heterocycles. The summed E-state index contributed by atoms with van der Waals surface area (Å²) in [4.78, 5) is 16.3. The van der Waals surface area contributed by atoms with Gasteiger partial charge in [-0.15, -0.1) is 11.3 Å². The number of carboxylic acid groups (broad SMARTS) is 1. The Morgan fingerprint density at radius 1 is 1.69 bits per heavy atom. The van der Waals surface area contributed by atoms with Crippen LogP contribution in [-0.2, 0) is 10.2 Å². The number of thiazole rings is 1. The molecule has 1 fully saturated rings. The second-order valence-electron chi connectivity index (χ2n) is 3.50. The number of rotatable bonds is 2. The van der Waals surface area contributed by atoms with Crippen LogP contribution in [0, 0.1) is 6.92 Å². The lowest BCUT2D eigenvalue weighted by atomic mass is 9.66. The second-order valence-corrected chi connectivity index (χ2v) is 4.56. The third-order valence-electron chi connectivity index (χ3n) is 2.81. The third-order valence-corrected chi connectivity index (χ3v) is 3.57. The van der Waals surface area contributed by atoms with Gasteiger partial charge in [-0.2, -0.15) is 0 Å². The third kappa shape index (κ3) is 1.09. The Balaban J connectivity index is 2.43. The minimum absolute atomic E-state index is 0.649. The molecule has 0 bridgehead atoms. The van der Waals surface area contributed by atoms with Crippen molar-refractivity contribution < 1.29 is 9.90 Å². The minimum atomic E-state index is -0.715. The van der Waals surface area contributed by atoms with Gasteiger partial charge in [-0.1, -0.05) is 6.42 Å². The first-order valence-electron chi connectivity index (χ1n) is 4.31. The highest BCUT2D eigenvalue weighted by atomic mass is 32.1. The second kappa shape index (κ2) is 2.80. The first-order valence-corrected chi connectivity index (χ1v) is 5.19. The van der Waals surface area contributed by atoms with E-state index < -0.39 is 11.4 Å². The molecule has 0 unspecified atom stereocenters. The Hall–Kier alpha value is -0.900. The Bertz CT molecular complexity index is 341. The maximum atomic E-state index is 11.1. The number of hydrogen-bond donors (Lipinski definition) is 1. The number of nitrogens with zero attached hydrogens (tertiary/aromatic N) is 1. The maximum Gasteiger partial charge on any atom is 0.315 e. The highest BCUT2D eigenvalue weighted by Gasteiger charge is 2.48. The number of aromatic nitrogens is 1. The zero-order valence-electron chi connectivity index (χ0n) is 7.41. The van der Waals surface area contributed by atoms with Crippen LogP contribution in [0.25, 0.3) is 0 Å². The van der Waals surface area contributed by atoms with Gasteiger partial charge in [0.15, 0.2) is 0 Å². The van der Waals surface area contributed by atoms with Crippen LogP contribution in [0.4, 0.5) is 0 Å². The molecule has 0 aromatic carbocycles. The molecule has 13 heavy (non-hydrogen) atoms. The summed E-state index contributed by atoms with van der Waals surface area (Å²) in [5.74, 6) is -0.715. The van der Waals surface area contributed by atoms with Crippen LogP contribution >= 0.6 is 11.3 Å². The van der Waals surface area contributed by atoms with Crippen molar-refractivity contribution in [2.45, 2.75) is 31.6 Å². The monoisotopic (exact) mass is 197 g/mol. The molecule has 4 heteroatoms.